The summed E-state index contributed by atoms with van der Waals surface area (Å²) in [6, 6.07) is 23.1. The fourth-order valence-electron chi connectivity index (χ4n) is 7.02. The molecule has 2 aliphatic carbocycles. The van der Waals surface area contributed by atoms with Gasteiger partial charge in [0.2, 0.25) is 0 Å². The predicted octanol–water partition coefficient (Wildman–Crippen LogP) is 9.19. The average molecular weight is 701 g/mol. The molecule has 0 radical (unpaired) electrons. The van der Waals surface area contributed by atoms with Gasteiger partial charge in [-0.1, -0.05) is 43.6 Å². The van der Waals surface area contributed by atoms with Gasteiger partial charge < -0.3 is 19.7 Å². The number of ether oxygens (including phenoxy) is 1. The number of nitrogens with zero attached hydrogens (tertiary/aromatic N) is 3. The number of hydrogen-bond acceptors (Lipinski definition) is 5. The van der Waals surface area contributed by atoms with Gasteiger partial charge in [-0.3, -0.25) is 9.78 Å². The number of rotatable bonds is 11. The van der Waals surface area contributed by atoms with Gasteiger partial charge in [-0.05, 0) is 122 Å². The summed E-state index contributed by atoms with van der Waals surface area (Å²) < 4.78 is 8.67. The zero-order valence-electron chi connectivity index (χ0n) is 28.6. The van der Waals surface area contributed by atoms with Gasteiger partial charge in [0.25, 0.3) is 5.91 Å². The minimum absolute atomic E-state index is 0.140. The number of aromatic carboxylic acids is 1. The van der Waals surface area contributed by atoms with Crippen LogP contribution >= 0.6 is 11.6 Å². The molecule has 2 heterocycles. The molecule has 0 bridgehead atoms. The molecule has 0 aliphatic heterocycles. The topological polar surface area (TPSA) is 106 Å². The van der Waals surface area contributed by atoms with E-state index >= 15 is 0 Å². The van der Waals surface area contributed by atoms with Crippen molar-refractivity contribution in [3.05, 3.63) is 131 Å². The lowest BCUT2D eigenvalue weighted by molar-refractivity contribution is 0.0696. The normalized spacial score (nSPS) is 17.6. The van der Waals surface area contributed by atoms with E-state index in [1.807, 2.05) is 79.7 Å². The zero-order valence-corrected chi connectivity index (χ0v) is 29.4. The Morgan fingerprint density at radius 2 is 1.75 bits per heavy atom. The average Bonchev–Trinajstić information content (AvgIpc) is 3.54. The van der Waals surface area contributed by atoms with Gasteiger partial charge in [-0.15, -0.1) is 11.6 Å². The molecule has 3 aromatic carbocycles. The number of allylic oxidation sites excluding steroid dienone is 4. The first kappa shape index (κ1) is 34.2. The van der Waals surface area contributed by atoms with Crippen molar-refractivity contribution in [2.24, 2.45) is 0 Å². The van der Waals surface area contributed by atoms with Gasteiger partial charge in [0.1, 0.15) is 18.2 Å². The molecule has 2 aliphatic rings. The van der Waals surface area contributed by atoms with Gasteiger partial charge in [0.05, 0.1) is 21.5 Å². The van der Waals surface area contributed by atoms with Crippen LogP contribution in [0.2, 0.25) is 0 Å². The highest BCUT2D eigenvalue weighted by Crippen LogP contribution is 2.37. The fourth-order valence-corrected chi connectivity index (χ4v) is 7.16. The Hall–Kier alpha value is -5.21. The van der Waals surface area contributed by atoms with Crippen LogP contribution in [-0.2, 0) is 13.0 Å². The second-order valence-corrected chi connectivity index (χ2v) is 14.5. The maximum Gasteiger partial charge on any atom is 0.335 e. The van der Waals surface area contributed by atoms with E-state index in [0.29, 0.717) is 42.3 Å². The SMILES string of the molecule is CC1(Cl)C=CC(c2ccc(C(=O)NCCc3ccncc3)cc2COc2ccc(-c3nc4cc(C(=O)O)ccc4n3C3CCCCC3)cc2)=CC1. The van der Waals surface area contributed by atoms with Crippen LogP contribution in [0.4, 0.5) is 0 Å². The third-order valence-corrected chi connectivity index (χ3v) is 10.1. The van der Waals surface area contributed by atoms with Crippen molar-refractivity contribution < 1.29 is 19.4 Å². The summed E-state index contributed by atoms with van der Waals surface area (Å²) in [5.74, 6) is 0.417. The monoisotopic (exact) mass is 700 g/mol. The minimum Gasteiger partial charge on any atom is -0.489 e. The van der Waals surface area contributed by atoms with Crippen LogP contribution in [0.1, 0.15) is 88.9 Å². The van der Waals surface area contributed by atoms with Gasteiger partial charge >= 0.3 is 5.97 Å². The van der Waals surface area contributed by atoms with Gasteiger partial charge in [0.15, 0.2) is 0 Å². The number of nitrogens with one attached hydrogen (secondary N) is 1. The molecule has 9 heteroatoms. The Morgan fingerprint density at radius 1 is 0.980 bits per heavy atom. The standard InChI is InChI=1S/C42H41ClN4O4/c1-42(43)20-15-29(16-21-42)36-13-9-31(40(48)45-24-19-28-17-22-44-23-18-28)25-33(36)27-51-35-11-7-30(8-12-35)39-46-37-26-32(41(49)50)10-14-38(37)47(39)34-5-3-2-4-6-34/h7-18,20,22-23,25-26,34H,2-6,19,21,24,27H2,1H3,(H,45,48)(H,49,50). The van der Waals surface area contributed by atoms with Crippen molar-refractivity contribution in [1.29, 1.82) is 0 Å². The third kappa shape index (κ3) is 7.92. The first-order valence-corrected chi connectivity index (χ1v) is 18.0. The highest BCUT2D eigenvalue weighted by molar-refractivity contribution is 6.25. The summed E-state index contributed by atoms with van der Waals surface area (Å²) in [7, 11) is 0. The zero-order chi connectivity index (χ0) is 35.4. The first-order valence-electron chi connectivity index (χ1n) is 17.6. The Balaban J connectivity index is 1.12. The molecule has 2 aromatic heterocycles. The Morgan fingerprint density at radius 3 is 2.47 bits per heavy atom. The summed E-state index contributed by atoms with van der Waals surface area (Å²) in [6.45, 7) is 2.76. The smallest absolute Gasteiger partial charge is 0.335 e. The maximum absolute atomic E-state index is 13.2. The summed E-state index contributed by atoms with van der Waals surface area (Å²) >= 11 is 6.58. The number of fused-ring (bicyclic) bond motifs is 1. The van der Waals surface area contributed by atoms with E-state index < -0.39 is 10.8 Å². The van der Waals surface area contributed by atoms with Crippen LogP contribution in [0.3, 0.4) is 0 Å². The number of carbonyl (C=O) groups excluding carboxylic acids is 1. The van der Waals surface area contributed by atoms with Gasteiger partial charge in [-0.25, -0.2) is 9.78 Å². The quantitative estimate of drug-likeness (QED) is 0.133. The van der Waals surface area contributed by atoms with E-state index in [2.05, 4.69) is 20.9 Å². The molecule has 51 heavy (non-hydrogen) atoms. The van der Waals surface area contributed by atoms with E-state index in [-0.39, 0.29) is 18.1 Å². The van der Waals surface area contributed by atoms with E-state index in [4.69, 9.17) is 21.3 Å². The molecule has 7 rings (SSSR count). The van der Waals surface area contributed by atoms with Crippen LogP contribution in [-0.4, -0.2) is 42.9 Å². The lowest BCUT2D eigenvalue weighted by Crippen LogP contribution is -2.26. The van der Waals surface area contributed by atoms with Crippen molar-refractivity contribution in [1.82, 2.24) is 19.9 Å². The van der Waals surface area contributed by atoms with E-state index in [9.17, 15) is 14.7 Å². The van der Waals surface area contributed by atoms with Gasteiger partial charge in [-0.2, -0.15) is 0 Å². The lowest BCUT2D eigenvalue weighted by Gasteiger charge is -2.25. The molecule has 5 aromatic rings. The number of amides is 1. The Bertz CT molecular complexity index is 2110. The highest BCUT2D eigenvalue weighted by atomic mass is 35.5. The number of aromatic nitrogens is 3. The van der Waals surface area contributed by atoms with Crippen molar-refractivity contribution in [3.63, 3.8) is 0 Å². The van der Waals surface area contributed by atoms with Crippen molar-refractivity contribution in [2.75, 3.05) is 6.54 Å². The third-order valence-electron chi connectivity index (χ3n) is 9.84. The number of carboxylic acids is 1. The van der Waals surface area contributed by atoms with E-state index in [1.165, 1.54) is 6.42 Å². The lowest BCUT2D eigenvalue weighted by atomic mass is 9.90. The molecule has 1 unspecified atom stereocenters. The summed E-state index contributed by atoms with van der Waals surface area (Å²) in [5, 5.41) is 12.6. The number of benzene rings is 3. The van der Waals surface area contributed by atoms with Crippen molar-refractivity contribution >= 4 is 40.1 Å². The predicted molar refractivity (Wildman–Crippen MR) is 201 cm³/mol. The van der Waals surface area contributed by atoms with E-state index in [0.717, 1.165) is 64.9 Å². The molecule has 1 amide bonds. The molecular formula is C42H41ClN4O4. The fraction of sp³-hybridized carbons (Fsp3) is 0.286. The molecule has 8 nitrogen and oxygen atoms in total. The number of halogens is 1. The van der Waals surface area contributed by atoms with Crippen LogP contribution in [0.15, 0.2) is 103 Å². The second-order valence-electron chi connectivity index (χ2n) is 13.6. The van der Waals surface area contributed by atoms with E-state index in [1.54, 1.807) is 24.5 Å². The number of carboxylic acid groups (broad SMARTS) is 1. The summed E-state index contributed by atoms with van der Waals surface area (Å²) in [4.78, 5) is 33.5. The molecule has 0 saturated heterocycles. The van der Waals surface area contributed by atoms with Crippen molar-refractivity contribution in [3.8, 4) is 17.1 Å². The Kier molecular flexibility index (Phi) is 10.0. The molecule has 260 valence electrons. The summed E-state index contributed by atoms with van der Waals surface area (Å²) in [6.07, 6.45) is 16.8. The molecular weight excluding hydrogens is 660 g/mol. The molecule has 0 spiro atoms. The number of carbonyl (C=O) groups is 2. The highest BCUT2D eigenvalue weighted by Gasteiger charge is 2.24. The summed E-state index contributed by atoms with van der Waals surface area (Å²) in [5.41, 5.74) is 7.41. The van der Waals surface area contributed by atoms with Crippen LogP contribution in [0, 0.1) is 0 Å². The van der Waals surface area contributed by atoms with Crippen LogP contribution < -0.4 is 10.1 Å². The van der Waals surface area contributed by atoms with Crippen LogP contribution in [0.5, 0.6) is 5.75 Å². The number of pyridine rings is 1. The molecule has 1 saturated carbocycles. The molecule has 2 N–H and O–H groups in total. The van der Waals surface area contributed by atoms with Gasteiger partial charge in [0, 0.05) is 36.1 Å². The molecule has 1 atom stereocenters. The first-order chi connectivity index (χ1) is 24.7. The number of hydrogen-bond donors (Lipinski definition) is 2. The minimum atomic E-state index is -0.962. The number of alkyl halides is 1. The van der Waals surface area contributed by atoms with Crippen molar-refractivity contribution in [2.45, 2.75) is 69.4 Å². The second kappa shape index (κ2) is 15.0. The Labute approximate surface area is 302 Å². The maximum atomic E-state index is 13.2. The molecule has 1 fully saturated rings. The number of imidazole rings is 1. The largest absolute Gasteiger partial charge is 0.489 e. The van der Waals surface area contributed by atoms with Crippen LogP contribution in [0.25, 0.3) is 28.0 Å².